The van der Waals surface area contributed by atoms with Crippen LogP contribution in [0.5, 0.6) is 0 Å². The average molecular weight is 491 g/mol. The summed E-state index contributed by atoms with van der Waals surface area (Å²) in [6, 6.07) is 3.52. The maximum Gasteiger partial charge on any atom is 0.423 e. The number of imide groups is 1. The fourth-order valence-corrected chi connectivity index (χ4v) is 4.82. The van der Waals surface area contributed by atoms with Crippen molar-refractivity contribution < 1.29 is 28.4 Å². The van der Waals surface area contributed by atoms with Crippen LogP contribution in [0.1, 0.15) is 36.0 Å². The van der Waals surface area contributed by atoms with Gasteiger partial charge in [0.15, 0.2) is 0 Å². The molecule has 4 N–H and O–H groups in total. The van der Waals surface area contributed by atoms with Gasteiger partial charge in [0.2, 0.25) is 11.8 Å². The lowest BCUT2D eigenvalue weighted by Crippen LogP contribution is -2.52. The molecule has 3 fully saturated rings. The van der Waals surface area contributed by atoms with Gasteiger partial charge in [0.1, 0.15) is 11.9 Å². The van der Waals surface area contributed by atoms with Gasteiger partial charge in [0.05, 0.1) is 5.69 Å². The molecule has 3 aliphatic heterocycles. The summed E-state index contributed by atoms with van der Waals surface area (Å²) in [6.45, 7) is 5.22. The van der Waals surface area contributed by atoms with Gasteiger partial charge >= 0.3 is 6.09 Å². The summed E-state index contributed by atoms with van der Waals surface area (Å²) in [5.74, 6) is -1.45. The fraction of sp³-hybridized carbons (Fsp3) is 0.565. The molecule has 12 heteroatoms. The van der Waals surface area contributed by atoms with Gasteiger partial charge in [0, 0.05) is 57.8 Å². The average Bonchev–Trinajstić information content (AvgIpc) is 2.82. The number of nitrogens with one attached hydrogen (secondary N) is 2. The summed E-state index contributed by atoms with van der Waals surface area (Å²) in [5, 5.41) is 6.36. The Morgan fingerprint density at radius 3 is 2.43 bits per heavy atom. The number of halogens is 1. The van der Waals surface area contributed by atoms with Crippen LogP contribution in [0.4, 0.5) is 14.9 Å². The summed E-state index contributed by atoms with van der Waals surface area (Å²) in [5.41, 5.74) is 5.63. The Balaban J connectivity index is 1.25. The standard InChI is InChI=1S/C23H31FN6O5/c24-17-13-16(21(32)26-18-2-4-20(31)27-22(18)33)1-3-19(17)29-11-9-28(10-12-29)14-15-5-7-30(8-6-15)35-23(25)34/h1,3,13,15,18H,2,4-12,14H2,(H2,25,34)(H,26,32)(H,27,31,33). The lowest BCUT2D eigenvalue weighted by Gasteiger charge is -2.39. The van der Waals surface area contributed by atoms with Gasteiger partial charge in [-0.15, -0.1) is 5.06 Å². The topological polar surface area (TPSA) is 137 Å². The molecule has 0 radical (unpaired) electrons. The Morgan fingerprint density at radius 2 is 1.80 bits per heavy atom. The molecular formula is C23H31FN6O5. The van der Waals surface area contributed by atoms with E-state index in [0.717, 1.165) is 32.5 Å². The molecule has 1 aromatic carbocycles. The summed E-state index contributed by atoms with van der Waals surface area (Å²) in [6.07, 6.45) is 1.43. The van der Waals surface area contributed by atoms with Crippen molar-refractivity contribution >= 4 is 29.5 Å². The molecule has 11 nitrogen and oxygen atoms in total. The number of anilines is 1. The van der Waals surface area contributed by atoms with Gasteiger partial charge in [-0.1, -0.05) is 0 Å². The Bertz CT molecular complexity index is 975. The van der Waals surface area contributed by atoms with Crippen LogP contribution in [-0.4, -0.2) is 85.6 Å². The van der Waals surface area contributed by atoms with Crippen molar-refractivity contribution in [1.82, 2.24) is 20.6 Å². The number of hydrogen-bond acceptors (Lipinski definition) is 8. The number of hydroxylamine groups is 2. The van der Waals surface area contributed by atoms with Crippen LogP contribution >= 0.6 is 0 Å². The first-order valence-corrected chi connectivity index (χ1v) is 11.9. The molecule has 3 heterocycles. The van der Waals surface area contributed by atoms with E-state index in [9.17, 15) is 23.6 Å². The molecule has 0 bridgehead atoms. The van der Waals surface area contributed by atoms with E-state index in [1.807, 2.05) is 4.90 Å². The third-order valence-electron chi connectivity index (χ3n) is 6.78. The predicted molar refractivity (Wildman–Crippen MR) is 124 cm³/mol. The van der Waals surface area contributed by atoms with Gasteiger partial charge in [-0.3, -0.25) is 24.6 Å². The fourth-order valence-electron chi connectivity index (χ4n) is 4.82. The number of hydrogen-bond donors (Lipinski definition) is 3. The van der Waals surface area contributed by atoms with E-state index < -0.39 is 29.8 Å². The Morgan fingerprint density at radius 1 is 1.09 bits per heavy atom. The highest BCUT2D eigenvalue weighted by Gasteiger charge is 2.29. The maximum absolute atomic E-state index is 14.9. The molecular weight excluding hydrogens is 459 g/mol. The molecule has 1 unspecified atom stereocenters. The van der Waals surface area contributed by atoms with Gasteiger partial charge in [-0.05, 0) is 43.4 Å². The van der Waals surface area contributed by atoms with Crippen LogP contribution in [0.2, 0.25) is 0 Å². The normalized spacial score (nSPS) is 22.5. The molecule has 3 saturated heterocycles. The van der Waals surface area contributed by atoms with E-state index >= 15 is 0 Å². The summed E-state index contributed by atoms with van der Waals surface area (Å²) < 4.78 is 14.9. The summed E-state index contributed by atoms with van der Waals surface area (Å²) in [4.78, 5) is 55.7. The van der Waals surface area contributed by atoms with Gasteiger partial charge < -0.3 is 20.8 Å². The minimum absolute atomic E-state index is 0.126. The van der Waals surface area contributed by atoms with Crippen LogP contribution in [0.3, 0.4) is 0 Å². The van der Waals surface area contributed by atoms with Gasteiger partial charge in [0.25, 0.3) is 5.91 Å². The van der Waals surface area contributed by atoms with Crippen molar-refractivity contribution in [3.05, 3.63) is 29.6 Å². The first kappa shape index (κ1) is 24.9. The second kappa shape index (κ2) is 11.0. The molecule has 0 aliphatic carbocycles. The van der Waals surface area contributed by atoms with E-state index in [1.165, 1.54) is 6.07 Å². The minimum atomic E-state index is -0.807. The summed E-state index contributed by atoms with van der Waals surface area (Å²) >= 11 is 0. The van der Waals surface area contributed by atoms with Crippen molar-refractivity contribution in [2.75, 3.05) is 50.7 Å². The van der Waals surface area contributed by atoms with Crippen LogP contribution in [-0.2, 0) is 14.4 Å². The number of piperidine rings is 2. The summed E-state index contributed by atoms with van der Waals surface area (Å²) in [7, 11) is 0. The van der Waals surface area contributed by atoms with Crippen molar-refractivity contribution in [3.63, 3.8) is 0 Å². The first-order chi connectivity index (χ1) is 16.8. The number of nitrogens with two attached hydrogens (primary N) is 1. The number of nitrogens with zero attached hydrogens (tertiary/aromatic N) is 3. The smallest absolute Gasteiger partial charge is 0.367 e. The number of carbonyl (C=O) groups is 4. The number of primary amides is 1. The maximum atomic E-state index is 14.9. The van der Waals surface area contributed by atoms with Crippen LogP contribution in [0.15, 0.2) is 18.2 Å². The molecule has 0 spiro atoms. The van der Waals surface area contributed by atoms with Gasteiger partial charge in [-0.25, -0.2) is 9.18 Å². The highest BCUT2D eigenvalue weighted by Crippen LogP contribution is 2.24. The largest absolute Gasteiger partial charge is 0.423 e. The number of benzene rings is 1. The molecule has 190 valence electrons. The van der Waals surface area contributed by atoms with E-state index in [4.69, 9.17) is 10.6 Å². The monoisotopic (exact) mass is 490 g/mol. The molecule has 4 rings (SSSR count). The second-order valence-electron chi connectivity index (χ2n) is 9.21. The molecule has 3 aliphatic rings. The molecule has 1 atom stereocenters. The van der Waals surface area contributed by atoms with E-state index in [1.54, 1.807) is 17.2 Å². The second-order valence-corrected chi connectivity index (χ2v) is 9.21. The van der Waals surface area contributed by atoms with Crippen LogP contribution in [0.25, 0.3) is 0 Å². The van der Waals surface area contributed by atoms with Crippen molar-refractivity contribution in [2.45, 2.75) is 31.7 Å². The number of rotatable bonds is 6. The van der Waals surface area contributed by atoms with Gasteiger partial charge in [-0.2, -0.15) is 0 Å². The molecule has 0 aromatic heterocycles. The zero-order valence-electron chi connectivity index (χ0n) is 19.5. The number of amides is 4. The molecule has 1 aromatic rings. The third-order valence-corrected chi connectivity index (χ3v) is 6.78. The zero-order valence-corrected chi connectivity index (χ0v) is 19.5. The Hall–Kier alpha value is -3.25. The SMILES string of the molecule is NC(=O)ON1CCC(CN2CCN(c3ccc(C(=O)NC4CCC(=O)NC4=O)cc3F)CC2)CC1. The van der Waals surface area contributed by atoms with E-state index in [-0.39, 0.29) is 24.3 Å². The molecule has 0 saturated carbocycles. The van der Waals surface area contributed by atoms with E-state index in [2.05, 4.69) is 15.5 Å². The highest BCUT2D eigenvalue weighted by molar-refractivity contribution is 6.03. The van der Waals surface area contributed by atoms with Crippen LogP contribution < -0.4 is 21.3 Å². The minimum Gasteiger partial charge on any atom is -0.367 e. The number of carbonyl (C=O) groups excluding carboxylic acids is 4. The lowest BCUT2D eigenvalue weighted by molar-refractivity contribution is -0.134. The third kappa shape index (κ3) is 6.45. The molecule has 4 amide bonds. The van der Waals surface area contributed by atoms with Crippen molar-refractivity contribution in [2.24, 2.45) is 11.7 Å². The van der Waals surface area contributed by atoms with E-state index in [0.29, 0.717) is 37.8 Å². The zero-order chi connectivity index (χ0) is 24.9. The lowest BCUT2D eigenvalue weighted by atomic mass is 9.97. The Labute approximate surface area is 202 Å². The van der Waals surface area contributed by atoms with Crippen molar-refractivity contribution in [1.29, 1.82) is 0 Å². The van der Waals surface area contributed by atoms with Crippen molar-refractivity contribution in [3.8, 4) is 0 Å². The first-order valence-electron chi connectivity index (χ1n) is 11.9. The Kier molecular flexibility index (Phi) is 7.81. The number of piperazine rings is 1. The highest BCUT2D eigenvalue weighted by atomic mass is 19.1. The quantitative estimate of drug-likeness (QED) is 0.481. The molecule has 35 heavy (non-hydrogen) atoms. The predicted octanol–water partition coefficient (Wildman–Crippen LogP) is 0.205. The van der Waals surface area contributed by atoms with Crippen LogP contribution in [0, 0.1) is 11.7 Å².